The van der Waals surface area contributed by atoms with E-state index in [-0.39, 0.29) is 30.8 Å². The van der Waals surface area contributed by atoms with Crippen LogP contribution in [0.25, 0.3) is 0 Å². The Bertz CT molecular complexity index is 1190. The molecule has 1 aliphatic heterocycles. The predicted molar refractivity (Wildman–Crippen MR) is 130 cm³/mol. The molecule has 1 aliphatic rings. The van der Waals surface area contributed by atoms with Crippen molar-refractivity contribution in [1.29, 1.82) is 0 Å². The van der Waals surface area contributed by atoms with E-state index >= 15 is 0 Å². The summed E-state index contributed by atoms with van der Waals surface area (Å²) < 4.78 is 20.0. The molecule has 3 amide bonds. The van der Waals surface area contributed by atoms with Gasteiger partial charge in [-0.3, -0.25) is 4.79 Å². The van der Waals surface area contributed by atoms with Crippen LogP contribution in [-0.4, -0.2) is 22.9 Å². The maximum absolute atomic E-state index is 14.2. The van der Waals surface area contributed by atoms with Gasteiger partial charge in [-0.25, -0.2) is 9.18 Å². The molecule has 0 aliphatic carbocycles. The molecule has 0 bridgehead atoms. The molecule has 0 unspecified atom stereocenters. The van der Waals surface area contributed by atoms with Gasteiger partial charge in [0.15, 0.2) is 6.10 Å². The van der Waals surface area contributed by atoms with Gasteiger partial charge in [-0.15, -0.1) is 0 Å². The van der Waals surface area contributed by atoms with Crippen LogP contribution in [0, 0.1) is 5.82 Å². The van der Waals surface area contributed by atoms with Gasteiger partial charge in [0.2, 0.25) is 0 Å². The summed E-state index contributed by atoms with van der Waals surface area (Å²) in [7, 11) is 0. The van der Waals surface area contributed by atoms with Gasteiger partial charge in [-0.2, -0.15) is 0 Å². The highest BCUT2D eigenvalue weighted by Gasteiger charge is 2.28. The molecule has 176 valence electrons. The molecule has 0 spiro atoms. The Morgan fingerprint density at radius 3 is 2.44 bits per heavy atom. The highest BCUT2D eigenvalue weighted by molar-refractivity contribution is 5.99. The molecule has 7 heteroatoms. The van der Waals surface area contributed by atoms with Crippen molar-refractivity contribution in [2.45, 2.75) is 45.9 Å². The summed E-state index contributed by atoms with van der Waals surface area (Å²) in [6, 6.07) is 19.0. The molecule has 6 nitrogen and oxygen atoms in total. The number of rotatable bonds is 5. The molecule has 0 radical (unpaired) electrons. The standard InChI is InChI=1S/C27H28FN3O3/c1-17(2)19-8-10-22(11-9-19)29-27(33)30-23-12-13-25-21(14-23)16-31(26(32)18(3)34-25)15-20-6-4-5-7-24(20)28/h4-14,17-18H,15-16H2,1-3H3,(H2,29,30,33)/t18-/m0/s1. The number of urea groups is 1. The van der Waals surface area contributed by atoms with Crippen molar-refractivity contribution >= 4 is 23.3 Å². The van der Waals surface area contributed by atoms with Crippen molar-refractivity contribution in [3.63, 3.8) is 0 Å². The first kappa shape index (κ1) is 23.3. The quantitative estimate of drug-likeness (QED) is 0.497. The Balaban J connectivity index is 1.48. The van der Waals surface area contributed by atoms with Crippen LogP contribution in [0.2, 0.25) is 0 Å². The Morgan fingerprint density at radius 2 is 1.74 bits per heavy atom. The van der Waals surface area contributed by atoms with E-state index in [9.17, 15) is 14.0 Å². The summed E-state index contributed by atoms with van der Waals surface area (Å²) in [5.41, 5.74) is 3.61. The molecule has 2 N–H and O–H groups in total. The molecule has 0 fully saturated rings. The van der Waals surface area contributed by atoms with Gasteiger partial charge in [-0.05, 0) is 54.8 Å². The smallest absolute Gasteiger partial charge is 0.323 e. The number of ether oxygens (including phenoxy) is 1. The molecular formula is C27H28FN3O3. The van der Waals surface area contributed by atoms with E-state index in [1.165, 1.54) is 11.6 Å². The number of fused-ring (bicyclic) bond motifs is 1. The van der Waals surface area contributed by atoms with Crippen molar-refractivity contribution in [2.75, 3.05) is 10.6 Å². The van der Waals surface area contributed by atoms with Gasteiger partial charge in [-0.1, -0.05) is 44.2 Å². The van der Waals surface area contributed by atoms with Crippen LogP contribution in [0.4, 0.5) is 20.6 Å². The lowest BCUT2D eigenvalue weighted by atomic mass is 10.0. The molecule has 4 rings (SSSR count). The van der Waals surface area contributed by atoms with Crippen molar-refractivity contribution in [1.82, 2.24) is 4.90 Å². The molecule has 0 saturated carbocycles. The minimum absolute atomic E-state index is 0.128. The van der Waals surface area contributed by atoms with Crippen LogP contribution < -0.4 is 15.4 Å². The Kier molecular flexibility index (Phi) is 6.82. The Morgan fingerprint density at radius 1 is 1.06 bits per heavy atom. The Labute approximate surface area is 198 Å². The number of nitrogens with zero attached hydrogens (tertiary/aromatic N) is 1. The number of hydrogen-bond donors (Lipinski definition) is 2. The van der Waals surface area contributed by atoms with Gasteiger partial charge in [0.05, 0.1) is 0 Å². The summed E-state index contributed by atoms with van der Waals surface area (Å²) in [6.45, 7) is 6.27. The SMILES string of the molecule is CC(C)c1ccc(NC(=O)Nc2ccc3c(c2)CN(Cc2ccccc2F)C(=O)[C@H](C)O3)cc1. The zero-order chi connectivity index (χ0) is 24.2. The van der Waals surface area contributed by atoms with E-state index in [0.29, 0.717) is 28.6 Å². The third kappa shape index (κ3) is 5.36. The first-order chi connectivity index (χ1) is 16.3. The lowest BCUT2D eigenvalue weighted by Crippen LogP contribution is -2.37. The van der Waals surface area contributed by atoms with E-state index in [2.05, 4.69) is 24.5 Å². The molecule has 1 heterocycles. The molecular weight excluding hydrogens is 433 g/mol. The van der Waals surface area contributed by atoms with Gasteiger partial charge >= 0.3 is 6.03 Å². The van der Waals surface area contributed by atoms with Crippen LogP contribution in [0.15, 0.2) is 66.7 Å². The second kappa shape index (κ2) is 9.95. The third-order valence-corrected chi connectivity index (χ3v) is 5.80. The summed E-state index contributed by atoms with van der Waals surface area (Å²) in [4.78, 5) is 26.9. The number of benzene rings is 3. The van der Waals surface area contributed by atoms with E-state index in [1.807, 2.05) is 24.3 Å². The highest BCUT2D eigenvalue weighted by atomic mass is 19.1. The van der Waals surface area contributed by atoms with Gasteiger partial charge in [0, 0.05) is 35.6 Å². The fraction of sp³-hybridized carbons (Fsp3) is 0.259. The predicted octanol–water partition coefficient (Wildman–Crippen LogP) is 5.90. The van der Waals surface area contributed by atoms with Crippen LogP contribution >= 0.6 is 0 Å². The summed E-state index contributed by atoms with van der Waals surface area (Å²) in [5, 5.41) is 5.65. The zero-order valence-corrected chi connectivity index (χ0v) is 19.5. The topological polar surface area (TPSA) is 70.7 Å². The number of halogens is 1. The summed E-state index contributed by atoms with van der Waals surface area (Å²) in [5.74, 6) is 0.391. The number of carbonyl (C=O) groups excluding carboxylic acids is 2. The molecule has 34 heavy (non-hydrogen) atoms. The minimum atomic E-state index is -0.705. The number of anilines is 2. The van der Waals surface area contributed by atoms with Crippen LogP contribution in [0.1, 0.15) is 43.4 Å². The molecule has 1 atom stereocenters. The van der Waals surface area contributed by atoms with Crippen molar-refractivity contribution < 1.29 is 18.7 Å². The number of nitrogens with one attached hydrogen (secondary N) is 2. The molecule has 3 aromatic rings. The zero-order valence-electron chi connectivity index (χ0n) is 19.5. The van der Waals surface area contributed by atoms with Crippen LogP contribution in [0.3, 0.4) is 0 Å². The average Bonchev–Trinajstić information content (AvgIpc) is 2.92. The monoisotopic (exact) mass is 461 g/mol. The van der Waals surface area contributed by atoms with Crippen LogP contribution in [0.5, 0.6) is 5.75 Å². The first-order valence-electron chi connectivity index (χ1n) is 11.3. The molecule has 0 aromatic heterocycles. The first-order valence-corrected chi connectivity index (χ1v) is 11.3. The van der Waals surface area contributed by atoms with Gasteiger partial charge in [0.1, 0.15) is 11.6 Å². The lowest BCUT2D eigenvalue weighted by molar-refractivity contribution is -0.138. The van der Waals surface area contributed by atoms with Crippen LogP contribution in [-0.2, 0) is 17.9 Å². The van der Waals surface area contributed by atoms with Crippen molar-refractivity contribution in [3.05, 3.63) is 89.2 Å². The van der Waals surface area contributed by atoms with Gasteiger partial charge in [0.25, 0.3) is 5.91 Å². The van der Waals surface area contributed by atoms with Crippen molar-refractivity contribution in [2.24, 2.45) is 0 Å². The largest absolute Gasteiger partial charge is 0.481 e. The summed E-state index contributed by atoms with van der Waals surface area (Å²) >= 11 is 0. The molecule has 3 aromatic carbocycles. The normalized spacial score (nSPS) is 15.4. The highest BCUT2D eigenvalue weighted by Crippen LogP contribution is 2.30. The third-order valence-electron chi connectivity index (χ3n) is 5.80. The maximum Gasteiger partial charge on any atom is 0.323 e. The second-order valence-electron chi connectivity index (χ2n) is 8.72. The van der Waals surface area contributed by atoms with Crippen molar-refractivity contribution in [3.8, 4) is 5.75 Å². The minimum Gasteiger partial charge on any atom is -0.481 e. The average molecular weight is 462 g/mol. The summed E-state index contributed by atoms with van der Waals surface area (Å²) in [6.07, 6.45) is -0.705. The maximum atomic E-state index is 14.2. The Hall–Kier alpha value is -3.87. The van der Waals surface area contributed by atoms with E-state index < -0.39 is 6.10 Å². The number of hydrogen-bond acceptors (Lipinski definition) is 3. The van der Waals surface area contributed by atoms with Gasteiger partial charge < -0.3 is 20.3 Å². The number of amides is 3. The van der Waals surface area contributed by atoms with E-state index in [1.54, 1.807) is 48.2 Å². The second-order valence-corrected chi connectivity index (χ2v) is 8.72. The number of carbonyl (C=O) groups is 2. The molecule has 0 saturated heterocycles. The van der Waals surface area contributed by atoms with E-state index in [4.69, 9.17) is 4.74 Å². The fourth-order valence-electron chi connectivity index (χ4n) is 3.89. The lowest BCUT2D eigenvalue weighted by Gasteiger charge is -2.22. The van der Waals surface area contributed by atoms with E-state index in [0.717, 1.165) is 5.56 Å². The fourth-order valence-corrected chi connectivity index (χ4v) is 3.89.